The molecule has 0 fully saturated rings. The summed E-state index contributed by atoms with van der Waals surface area (Å²) in [6, 6.07) is 14.2. The van der Waals surface area contributed by atoms with Gasteiger partial charge in [-0.25, -0.2) is 9.59 Å². The number of ether oxygens (including phenoxy) is 1. The number of fused-ring (bicyclic) bond motifs is 1. The predicted octanol–water partition coefficient (Wildman–Crippen LogP) is 1.49. The molecule has 0 aliphatic rings. The maximum atomic E-state index is 11.8. The van der Waals surface area contributed by atoms with Crippen LogP contribution >= 0.6 is 0 Å². The van der Waals surface area contributed by atoms with E-state index in [1.807, 2.05) is 30.3 Å². The van der Waals surface area contributed by atoms with E-state index in [0.717, 1.165) is 5.56 Å². The van der Waals surface area contributed by atoms with Gasteiger partial charge in [0.2, 0.25) is 0 Å². The van der Waals surface area contributed by atoms with Crippen LogP contribution in [-0.2, 0) is 11.3 Å². The third kappa shape index (κ3) is 4.39. The van der Waals surface area contributed by atoms with Crippen LogP contribution in [0.3, 0.4) is 0 Å². The van der Waals surface area contributed by atoms with Crippen LogP contribution in [0.25, 0.3) is 10.9 Å². The van der Waals surface area contributed by atoms with Gasteiger partial charge in [-0.1, -0.05) is 42.2 Å². The third-order valence-electron chi connectivity index (χ3n) is 3.51. The van der Waals surface area contributed by atoms with E-state index in [9.17, 15) is 14.4 Å². The molecule has 0 aliphatic heterocycles. The minimum Gasteiger partial charge on any atom is -0.445 e. The Morgan fingerprint density at radius 1 is 1.08 bits per heavy atom. The number of carbonyl (C=O) groups excluding carboxylic acids is 1. The van der Waals surface area contributed by atoms with Crippen molar-refractivity contribution in [1.82, 2.24) is 15.3 Å². The molecule has 3 aromatic rings. The third-order valence-corrected chi connectivity index (χ3v) is 3.51. The Morgan fingerprint density at radius 2 is 1.88 bits per heavy atom. The largest absolute Gasteiger partial charge is 0.445 e. The molecule has 3 rings (SSSR count). The van der Waals surface area contributed by atoms with Gasteiger partial charge in [-0.2, -0.15) is 0 Å². The topological polar surface area (TPSA) is 104 Å². The van der Waals surface area contributed by atoms with Crippen molar-refractivity contribution in [3.8, 4) is 11.8 Å². The SMILES string of the molecule is O=C(NCC#Cc1ccc2[nH]c(=O)[nH]c(=O)c2c1)OCc1ccccc1. The molecule has 7 nitrogen and oxygen atoms in total. The molecule has 0 atom stereocenters. The highest BCUT2D eigenvalue weighted by Gasteiger charge is 2.02. The van der Waals surface area contributed by atoms with Crippen molar-refractivity contribution in [3.63, 3.8) is 0 Å². The van der Waals surface area contributed by atoms with Gasteiger partial charge in [-0.15, -0.1) is 0 Å². The minimum absolute atomic E-state index is 0.105. The van der Waals surface area contributed by atoms with Crippen LogP contribution < -0.4 is 16.6 Å². The standard InChI is InChI=1S/C19H15N3O4/c23-17-15-11-13(8-9-16(15)21-18(24)22-17)7-4-10-20-19(25)26-12-14-5-2-1-3-6-14/h1-3,5-6,8-9,11H,10,12H2,(H,20,25)(H2,21,22,23,24). The van der Waals surface area contributed by atoms with Crippen molar-refractivity contribution in [2.75, 3.05) is 6.54 Å². The quantitative estimate of drug-likeness (QED) is 0.623. The summed E-state index contributed by atoms with van der Waals surface area (Å²) in [5, 5.41) is 2.87. The second-order valence-corrected chi connectivity index (χ2v) is 5.39. The van der Waals surface area contributed by atoms with Crippen LogP contribution in [0.1, 0.15) is 11.1 Å². The van der Waals surface area contributed by atoms with E-state index in [-0.39, 0.29) is 13.2 Å². The van der Waals surface area contributed by atoms with Crippen LogP contribution in [0.15, 0.2) is 58.1 Å². The van der Waals surface area contributed by atoms with E-state index >= 15 is 0 Å². The fourth-order valence-corrected chi connectivity index (χ4v) is 2.28. The average molecular weight is 349 g/mol. The minimum atomic E-state index is -0.560. The normalized spacial score (nSPS) is 10.0. The number of hydrogen-bond donors (Lipinski definition) is 3. The molecule has 3 N–H and O–H groups in total. The van der Waals surface area contributed by atoms with E-state index in [0.29, 0.717) is 16.5 Å². The first-order chi connectivity index (χ1) is 12.6. The zero-order valence-corrected chi connectivity index (χ0v) is 13.7. The van der Waals surface area contributed by atoms with Crippen molar-refractivity contribution in [1.29, 1.82) is 0 Å². The number of rotatable bonds is 3. The number of hydrogen-bond acceptors (Lipinski definition) is 4. The molecule has 130 valence electrons. The first-order valence-electron chi connectivity index (χ1n) is 7.81. The summed E-state index contributed by atoms with van der Waals surface area (Å²) in [6.45, 7) is 0.291. The lowest BCUT2D eigenvalue weighted by molar-refractivity contribution is 0.141. The molecule has 1 amide bonds. The van der Waals surface area contributed by atoms with Gasteiger partial charge in [0.05, 0.1) is 17.4 Å². The van der Waals surface area contributed by atoms with Gasteiger partial charge >= 0.3 is 11.8 Å². The first-order valence-corrected chi connectivity index (χ1v) is 7.81. The number of nitrogens with one attached hydrogen (secondary N) is 3. The number of carbonyl (C=O) groups is 1. The molecule has 0 radical (unpaired) electrons. The van der Waals surface area contributed by atoms with Gasteiger partial charge in [0.25, 0.3) is 5.56 Å². The fourth-order valence-electron chi connectivity index (χ4n) is 2.28. The second-order valence-electron chi connectivity index (χ2n) is 5.39. The molecular formula is C19H15N3O4. The van der Waals surface area contributed by atoms with Crippen molar-refractivity contribution in [2.24, 2.45) is 0 Å². The molecule has 1 aromatic heterocycles. The van der Waals surface area contributed by atoms with Crippen molar-refractivity contribution in [2.45, 2.75) is 6.61 Å². The smallest absolute Gasteiger partial charge is 0.408 e. The van der Waals surface area contributed by atoms with E-state index in [1.54, 1.807) is 18.2 Å². The number of amides is 1. The van der Waals surface area contributed by atoms with Crippen LogP contribution in [-0.4, -0.2) is 22.6 Å². The van der Waals surface area contributed by atoms with Gasteiger partial charge in [0.1, 0.15) is 6.61 Å². The molecule has 0 saturated carbocycles. The Morgan fingerprint density at radius 3 is 2.69 bits per heavy atom. The Labute approximate surface area is 148 Å². The number of benzene rings is 2. The highest BCUT2D eigenvalue weighted by atomic mass is 16.5. The van der Waals surface area contributed by atoms with Gasteiger partial charge < -0.3 is 15.0 Å². The van der Waals surface area contributed by atoms with Gasteiger partial charge in [-0.3, -0.25) is 9.78 Å². The molecule has 0 unspecified atom stereocenters. The number of aromatic nitrogens is 2. The summed E-state index contributed by atoms with van der Waals surface area (Å²) < 4.78 is 5.07. The van der Waals surface area contributed by atoms with Gasteiger partial charge in [-0.05, 0) is 23.8 Å². The molecule has 0 spiro atoms. The molecule has 0 bridgehead atoms. The lowest BCUT2D eigenvalue weighted by Crippen LogP contribution is -2.24. The van der Waals surface area contributed by atoms with E-state index in [4.69, 9.17) is 4.74 Å². The van der Waals surface area contributed by atoms with Gasteiger partial charge in [0.15, 0.2) is 0 Å². The lowest BCUT2D eigenvalue weighted by Gasteiger charge is -2.04. The van der Waals surface area contributed by atoms with Crippen LogP contribution in [0.5, 0.6) is 0 Å². The maximum Gasteiger partial charge on any atom is 0.408 e. The molecule has 26 heavy (non-hydrogen) atoms. The number of aromatic amines is 2. The molecule has 0 aliphatic carbocycles. The average Bonchev–Trinajstić information content (AvgIpc) is 2.64. The Kier molecular flexibility index (Phi) is 5.15. The highest BCUT2D eigenvalue weighted by Crippen LogP contribution is 2.07. The number of H-pyrrole nitrogens is 2. The summed E-state index contributed by atoms with van der Waals surface area (Å²) in [4.78, 5) is 39.3. The summed E-state index contributed by atoms with van der Waals surface area (Å²) in [7, 11) is 0. The molecular weight excluding hydrogens is 334 g/mol. The lowest BCUT2D eigenvalue weighted by atomic mass is 10.1. The predicted molar refractivity (Wildman–Crippen MR) is 96.7 cm³/mol. The Bertz CT molecular complexity index is 1100. The van der Waals surface area contributed by atoms with E-state index in [1.165, 1.54) is 0 Å². The van der Waals surface area contributed by atoms with E-state index in [2.05, 4.69) is 27.1 Å². The maximum absolute atomic E-state index is 11.8. The Balaban J connectivity index is 1.56. The molecule has 2 aromatic carbocycles. The van der Waals surface area contributed by atoms with Crippen molar-refractivity contribution >= 4 is 17.0 Å². The fraction of sp³-hybridized carbons (Fsp3) is 0.105. The molecule has 1 heterocycles. The van der Waals surface area contributed by atoms with Crippen LogP contribution in [0, 0.1) is 11.8 Å². The first kappa shape index (κ1) is 17.0. The summed E-state index contributed by atoms with van der Waals surface area (Å²) in [6.07, 6.45) is -0.560. The second kappa shape index (κ2) is 7.85. The van der Waals surface area contributed by atoms with E-state index < -0.39 is 17.3 Å². The summed E-state index contributed by atoms with van der Waals surface area (Å²) in [5.41, 5.74) is 0.893. The van der Waals surface area contributed by atoms with Crippen molar-refractivity contribution < 1.29 is 9.53 Å². The van der Waals surface area contributed by atoms with Gasteiger partial charge in [0, 0.05) is 5.56 Å². The highest BCUT2D eigenvalue weighted by molar-refractivity contribution is 5.78. The monoisotopic (exact) mass is 349 g/mol. The zero-order valence-electron chi connectivity index (χ0n) is 13.7. The summed E-state index contributed by atoms with van der Waals surface area (Å²) >= 11 is 0. The van der Waals surface area contributed by atoms with Crippen LogP contribution in [0.4, 0.5) is 4.79 Å². The number of alkyl carbamates (subject to hydrolysis) is 1. The zero-order chi connectivity index (χ0) is 18.4. The van der Waals surface area contributed by atoms with Crippen molar-refractivity contribution in [3.05, 3.63) is 80.5 Å². The molecule has 7 heteroatoms. The van der Waals surface area contributed by atoms with Crippen LogP contribution in [0.2, 0.25) is 0 Å². The molecule has 0 saturated heterocycles. The summed E-state index contributed by atoms with van der Waals surface area (Å²) in [5.74, 6) is 5.62. The Hall–Kier alpha value is -3.79.